The lowest BCUT2D eigenvalue weighted by Gasteiger charge is -2.34. The number of nitrogens with two attached hydrogens (primary N) is 1. The highest BCUT2D eigenvalue weighted by Crippen LogP contribution is 2.27. The van der Waals surface area contributed by atoms with Gasteiger partial charge in [0.2, 0.25) is 5.91 Å². The number of fused-ring (bicyclic) bond motifs is 1. The number of hydrogen-bond acceptors (Lipinski definition) is 8. The maximum absolute atomic E-state index is 12.6. The number of hydrogen-bond donors (Lipinski definition) is 3. The molecule has 4 N–H and O–H groups in total. The third-order valence-electron chi connectivity index (χ3n) is 5.61. The molecule has 0 unspecified atom stereocenters. The molecule has 43 heavy (non-hydrogen) atoms. The number of thiophene rings is 1. The topological polar surface area (TPSA) is 150 Å². The van der Waals surface area contributed by atoms with Crippen molar-refractivity contribution in [3.63, 3.8) is 0 Å². The van der Waals surface area contributed by atoms with E-state index >= 15 is 0 Å². The molecular weight excluding hydrogens is 632 g/mol. The zero-order valence-electron chi connectivity index (χ0n) is 22.1. The van der Waals surface area contributed by atoms with Crippen molar-refractivity contribution in [2.24, 2.45) is 0 Å². The minimum absolute atomic E-state index is 0.142. The molecule has 10 nitrogen and oxygen atoms in total. The number of carboxylic acids is 2. The largest absolute Gasteiger partial charge is 0.490 e. The first-order valence-corrected chi connectivity index (χ1v) is 13.1. The predicted molar refractivity (Wildman–Crippen MR) is 146 cm³/mol. The Balaban J connectivity index is 0.000000384. The van der Waals surface area contributed by atoms with Gasteiger partial charge in [0, 0.05) is 36.4 Å². The van der Waals surface area contributed by atoms with Crippen LogP contribution in [-0.4, -0.2) is 86.4 Å². The number of allylic oxidation sites excluding steroid dienone is 1. The molecule has 2 aromatic heterocycles. The molecule has 1 amide bonds. The highest BCUT2D eigenvalue weighted by molar-refractivity contribution is 7.17. The quantitative estimate of drug-likeness (QED) is 0.325. The van der Waals surface area contributed by atoms with E-state index in [2.05, 4.69) is 27.9 Å². The maximum atomic E-state index is 12.6. The van der Waals surface area contributed by atoms with Crippen LogP contribution in [-0.2, 0) is 20.9 Å². The second-order valence-electron chi connectivity index (χ2n) is 8.76. The van der Waals surface area contributed by atoms with Crippen LogP contribution in [0.2, 0.25) is 4.34 Å². The molecule has 1 aromatic carbocycles. The van der Waals surface area contributed by atoms with Gasteiger partial charge in [0.15, 0.2) is 0 Å². The number of benzene rings is 1. The Morgan fingerprint density at radius 1 is 1.05 bits per heavy atom. The second kappa shape index (κ2) is 15.0. The van der Waals surface area contributed by atoms with E-state index in [9.17, 15) is 31.1 Å². The standard InChI is InChI=1S/C21H22ClN5OS.2C2HF3O2/c1-14(18-4-5-19(22)29-18)6-7-26-8-9-27(20(28)12-26)11-15-2-3-16-17(10-15)24-13-25-21(16)23;2*3-2(4,5)1(6)7/h2-6,10,13H,7-9,11-12H2,1H3,(H2,23,24,25);2*(H,6,7)/b14-6+;;. The number of nitrogens with zero attached hydrogens (tertiary/aromatic N) is 4. The smallest absolute Gasteiger partial charge is 0.475 e. The first-order valence-electron chi connectivity index (χ1n) is 11.9. The molecule has 234 valence electrons. The van der Waals surface area contributed by atoms with Crippen molar-refractivity contribution >= 4 is 63.1 Å². The number of anilines is 1. The number of amides is 1. The van der Waals surface area contributed by atoms with Gasteiger partial charge in [0.25, 0.3) is 0 Å². The Kier molecular flexibility index (Phi) is 12.3. The lowest BCUT2D eigenvalue weighted by Crippen LogP contribution is -2.49. The Morgan fingerprint density at radius 2 is 1.65 bits per heavy atom. The lowest BCUT2D eigenvalue weighted by atomic mass is 10.1. The molecule has 0 spiro atoms. The zero-order valence-corrected chi connectivity index (χ0v) is 23.7. The van der Waals surface area contributed by atoms with Gasteiger partial charge in [-0.25, -0.2) is 19.6 Å². The fraction of sp³-hybridized carbons (Fsp3) is 0.320. The van der Waals surface area contributed by atoms with Gasteiger partial charge in [0.1, 0.15) is 12.1 Å². The van der Waals surface area contributed by atoms with Gasteiger partial charge in [-0.15, -0.1) is 11.3 Å². The van der Waals surface area contributed by atoms with Crippen LogP contribution in [0.4, 0.5) is 32.2 Å². The summed E-state index contributed by atoms with van der Waals surface area (Å²) >= 11 is 7.59. The molecular formula is C25H24ClF6N5O5S. The van der Waals surface area contributed by atoms with E-state index in [0.29, 0.717) is 25.5 Å². The number of carboxylic acid groups (broad SMARTS) is 2. The van der Waals surface area contributed by atoms with Crippen molar-refractivity contribution in [2.45, 2.75) is 25.8 Å². The molecule has 1 saturated heterocycles. The Morgan fingerprint density at radius 3 is 2.16 bits per heavy atom. The van der Waals surface area contributed by atoms with Gasteiger partial charge < -0.3 is 20.8 Å². The molecule has 18 heteroatoms. The third-order valence-corrected chi connectivity index (χ3v) is 6.97. The Hall–Kier alpha value is -3.96. The number of aliphatic carboxylic acids is 2. The monoisotopic (exact) mass is 655 g/mol. The van der Waals surface area contributed by atoms with E-state index in [0.717, 1.165) is 33.9 Å². The summed E-state index contributed by atoms with van der Waals surface area (Å²) in [5.41, 5.74) is 8.92. The average Bonchev–Trinajstić information content (AvgIpc) is 3.35. The normalized spacial score (nSPS) is 14.5. The van der Waals surface area contributed by atoms with Crippen LogP contribution in [0.25, 0.3) is 16.5 Å². The minimum Gasteiger partial charge on any atom is -0.475 e. The Labute approximate surface area is 249 Å². The van der Waals surface area contributed by atoms with Gasteiger partial charge in [-0.2, -0.15) is 26.3 Å². The van der Waals surface area contributed by atoms with E-state index in [-0.39, 0.29) is 5.91 Å². The summed E-state index contributed by atoms with van der Waals surface area (Å²) < 4.78 is 64.3. The third kappa shape index (κ3) is 11.3. The molecule has 0 aliphatic carbocycles. The number of carbonyl (C=O) groups excluding carboxylic acids is 1. The number of aromatic nitrogens is 2. The molecule has 1 aliphatic rings. The van der Waals surface area contributed by atoms with Crippen LogP contribution >= 0.6 is 22.9 Å². The van der Waals surface area contributed by atoms with Crippen molar-refractivity contribution in [3.05, 3.63) is 57.5 Å². The number of piperazine rings is 1. The summed E-state index contributed by atoms with van der Waals surface area (Å²) in [4.78, 5) is 44.0. The first-order chi connectivity index (χ1) is 19.9. The van der Waals surface area contributed by atoms with Crippen LogP contribution in [0.15, 0.2) is 42.7 Å². The van der Waals surface area contributed by atoms with Gasteiger partial charge in [-0.1, -0.05) is 23.7 Å². The molecule has 0 bridgehead atoms. The van der Waals surface area contributed by atoms with Crippen molar-refractivity contribution in [1.29, 1.82) is 0 Å². The summed E-state index contributed by atoms with van der Waals surface area (Å²) in [6, 6.07) is 9.83. The van der Waals surface area contributed by atoms with E-state index in [1.54, 1.807) is 11.3 Å². The molecule has 0 radical (unpaired) electrons. The van der Waals surface area contributed by atoms with E-state index < -0.39 is 24.3 Å². The number of rotatable bonds is 5. The van der Waals surface area contributed by atoms with Gasteiger partial charge >= 0.3 is 24.3 Å². The van der Waals surface area contributed by atoms with E-state index in [1.165, 1.54) is 16.8 Å². The summed E-state index contributed by atoms with van der Waals surface area (Å²) in [5.74, 6) is -4.90. The van der Waals surface area contributed by atoms with Gasteiger partial charge in [0.05, 0.1) is 16.4 Å². The number of halogens is 7. The van der Waals surface area contributed by atoms with E-state index in [4.69, 9.17) is 37.1 Å². The molecule has 1 aliphatic heterocycles. The maximum Gasteiger partial charge on any atom is 0.490 e. The predicted octanol–water partition coefficient (Wildman–Crippen LogP) is 4.94. The summed E-state index contributed by atoms with van der Waals surface area (Å²) in [6.07, 6.45) is -6.54. The lowest BCUT2D eigenvalue weighted by molar-refractivity contribution is -0.193. The summed E-state index contributed by atoms with van der Waals surface area (Å²) in [6.45, 7) is 5.40. The highest BCUT2D eigenvalue weighted by atomic mass is 35.5. The van der Waals surface area contributed by atoms with Crippen LogP contribution < -0.4 is 5.73 Å². The van der Waals surface area contributed by atoms with Crippen molar-refractivity contribution in [1.82, 2.24) is 19.8 Å². The molecule has 1 fully saturated rings. The average molecular weight is 656 g/mol. The van der Waals surface area contributed by atoms with E-state index in [1.807, 2.05) is 35.2 Å². The molecule has 3 heterocycles. The Bertz CT molecular complexity index is 1460. The van der Waals surface area contributed by atoms with Crippen LogP contribution in [0.5, 0.6) is 0 Å². The van der Waals surface area contributed by atoms with Crippen LogP contribution in [0.3, 0.4) is 0 Å². The van der Waals surface area contributed by atoms with Crippen molar-refractivity contribution in [2.75, 3.05) is 31.9 Å². The van der Waals surface area contributed by atoms with Crippen molar-refractivity contribution in [3.8, 4) is 0 Å². The number of nitrogen functional groups attached to an aromatic ring is 1. The SMILES string of the molecule is C/C(=C\CN1CCN(Cc2ccc3c(N)ncnc3c2)C(=O)C1)c1ccc(Cl)s1.O=C(O)C(F)(F)F.O=C(O)C(F)(F)F. The summed E-state index contributed by atoms with van der Waals surface area (Å²) in [5, 5.41) is 15.1. The summed E-state index contributed by atoms with van der Waals surface area (Å²) in [7, 11) is 0. The number of carbonyl (C=O) groups is 3. The van der Waals surface area contributed by atoms with Crippen LogP contribution in [0.1, 0.15) is 17.4 Å². The molecule has 0 saturated carbocycles. The molecule has 0 atom stereocenters. The zero-order chi connectivity index (χ0) is 32.5. The van der Waals surface area contributed by atoms with Crippen molar-refractivity contribution < 1.29 is 50.9 Å². The highest BCUT2D eigenvalue weighted by Gasteiger charge is 2.38. The van der Waals surface area contributed by atoms with Gasteiger partial charge in [-0.05, 0) is 42.3 Å². The van der Waals surface area contributed by atoms with Crippen LogP contribution in [0, 0.1) is 0 Å². The first kappa shape index (κ1) is 35.2. The molecule has 4 rings (SSSR count). The fourth-order valence-electron chi connectivity index (χ4n) is 3.42. The number of alkyl halides is 6. The van der Waals surface area contributed by atoms with Gasteiger partial charge in [-0.3, -0.25) is 9.69 Å². The fourth-order valence-corrected chi connectivity index (χ4v) is 4.45. The minimum atomic E-state index is -5.08. The second-order valence-corrected chi connectivity index (χ2v) is 10.5. The molecule has 3 aromatic rings.